The van der Waals surface area contributed by atoms with Gasteiger partial charge in [0.25, 0.3) is 5.82 Å². The van der Waals surface area contributed by atoms with E-state index in [9.17, 15) is 18.0 Å². The van der Waals surface area contributed by atoms with Gasteiger partial charge in [-0.3, -0.25) is 4.79 Å². The number of nitrogens with zero attached hydrogens (tertiary/aromatic N) is 3. The number of nitrogen functional groups attached to an aromatic ring is 1. The molecule has 0 unspecified atom stereocenters. The van der Waals surface area contributed by atoms with E-state index in [0.29, 0.717) is 10.4 Å². The van der Waals surface area contributed by atoms with Crippen LogP contribution < -0.4 is 11.2 Å². The average Bonchev–Trinajstić information content (AvgIpc) is 2.93. The van der Waals surface area contributed by atoms with Gasteiger partial charge in [0.05, 0.1) is 5.75 Å². The van der Waals surface area contributed by atoms with Gasteiger partial charge in [-0.25, -0.2) is 4.68 Å². The van der Waals surface area contributed by atoms with Crippen LogP contribution in [0.3, 0.4) is 0 Å². The van der Waals surface area contributed by atoms with Gasteiger partial charge in [0.2, 0.25) is 11.1 Å². The topological polar surface area (TPSA) is 85.8 Å². The number of aromatic nitrogens is 3. The van der Waals surface area contributed by atoms with Crippen LogP contribution in [0.5, 0.6) is 0 Å². The summed E-state index contributed by atoms with van der Waals surface area (Å²) >= 11 is 0.784. The minimum Gasteiger partial charge on any atom is -0.335 e. The highest BCUT2D eigenvalue weighted by atomic mass is 32.2. The smallest absolute Gasteiger partial charge is 0.335 e. The zero-order valence-electron chi connectivity index (χ0n) is 13.7. The predicted molar refractivity (Wildman–Crippen MR) is 89.7 cm³/mol. The van der Waals surface area contributed by atoms with Crippen LogP contribution in [0.15, 0.2) is 29.4 Å². The molecule has 0 aliphatic heterocycles. The Kier molecular flexibility index (Phi) is 5.93. The summed E-state index contributed by atoms with van der Waals surface area (Å²) in [4.78, 5) is 12.1. The van der Waals surface area contributed by atoms with Gasteiger partial charge in [-0.2, -0.15) is 13.2 Å². The number of hydrogen-bond donors (Lipinski definition) is 2. The standard InChI is InChI=1S/C15H18F3N5OS/c1-3-9(2)10-6-4-5-7-11(10)20-12(24)8-25-14-22-21-13(23(14)19)15(16,17)18/h4-7,9H,3,8,19H2,1-2H3,(H,20,24)/t9-/m0/s1. The van der Waals surface area contributed by atoms with E-state index in [0.717, 1.165) is 23.7 Å². The summed E-state index contributed by atoms with van der Waals surface area (Å²) in [6.45, 7) is 4.10. The molecule has 10 heteroatoms. The van der Waals surface area contributed by atoms with E-state index in [-0.39, 0.29) is 22.7 Å². The number of carbonyl (C=O) groups is 1. The highest BCUT2D eigenvalue weighted by Gasteiger charge is 2.38. The van der Waals surface area contributed by atoms with Gasteiger partial charge < -0.3 is 11.2 Å². The first-order chi connectivity index (χ1) is 11.7. The van der Waals surface area contributed by atoms with Crippen LogP contribution in [-0.4, -0.2) is 26.5 Å². The first-order valence-corrected chi connectivity index (χ1v) is 8.51. The maximum Gasteiger partial charge on any atom is 0.453 e. The molecule has 1 aromatic carbocycles. The van der Waals surface area contributed by atoms with E-state index in [1.807, 2.05) is 19.1 Å². The van der Waals surface area contributed by atoms with Crippen molar-refractivity contribution in [2.45, 2.75) is 37.5 Å². The van der Waals surface area contributed by atoms with Gasteiger partial charge in [-0.1, -0.05) is 43.8 Å². The van der Waals surface area contributed by atoms with Gasteiger partial charge in [0.15, 0.2) is 0 Å². The van der Waals surface area contributed by atoms with Crippen molar-refractivity contribution in [3.63, 3.8) is 0 Å². The monoisotopic (exact) mass is 373 g/mol. The minimum absolute atomic E-state index is 0.137. The van der Waals surface area contributed by atoms with Crippen molar-refractivity contribution in [3.05, 3.63) is 35.7 Å². The van der Waals surface area contributed by atoms with Gasteiger partial charge in [-0.15, -0.1) is 10.2 Å². The average molecular weight is 373 g/mol. The maximum absolute atomic E-state index is 12.6. The number of carbonyl (C=O) groups excluding carboxylic acids is 1. The Balaban J connectivity index is 2.02. The molecule has 1 atom stereocenters. The number of benzene rings is 1. The first kappa shape index (κ1) is 19.1. The number of thioether (sulfide) groups is 1. The molecule has 0 bridgehead atoms. The molecule has 0 fully saturated rings. The molecule has 0 aliphatic rings. The second-order valence-corrected chi connectivity index (χ2v) is 6.35. The number of para-hydroxylation sites is 1. The summed E-state index contributed by atoms with van der Waals surface area (Å²) in [7, 11) is 0. The van der Waals surface area contributed by atoms with Crippen molar-refractivity contribution < 1.29 is 18.0 Å². The van der Waals surface area contributed by atoms with E-state index in [4.69, 9.17) is 5.84 Å². The van der Waals surface area contributed by atoms with Gasteiger partial charge in [0, 0.05) is 5.69 Å². The number of nitrogens with two attached hydrogens (primary N) is 1. The number of anilines is 1. The fourth-order valence-corrected chi connectivity index (χ4v) is 2.80. The molecule has 25 heavy (non-hydrogen) atoms. The van der Waals surface area contributed by atoms with Crippen molar-refractivity contribution in [2.75, 3.05) is 16.9 Å². The van der Waals surface area contributed by atoms with Crippen LogP contribution in [0.2, 0.25) is 0 Å². The van der Waals surface area contributed by atoms with Crippen molar-refractivity contribution in [1.29, 1.82) is 0 Å². The van der Waals surface area contributed by atoms with E-state index in [2.05, 4.69) is 22.4 Å². The van der Waals surface area contributed by atoms with Crippen LogP contribution in [0.4, 0.5) is 18.9 Å². The third kappa shape index (κ3) is 4.65. The van der Waals surface area contributed by atoms with Crippen LogP contribution in [0.25, 0.3) is 0 Å². The highest BCUT2D eigenvalue weighted by Crippen LogP contribution is 2.29. The highest BCUT2D eigenvalue weighted by molar-refractivity contribution is 7.99. The zero-order chi connectivity index (χ0) is 18.6. The SMILES string of the molecule is CC[C@H](C)c1ccccc1NC(=O)CSc1nnc(C(F)(F)F)n1N. The summed E-state index contributed by atoms with van der Waals surface area (Å²) < 4.78 is 38.2. The summed E-state index contributed by atoms with van der Waals surface area (Å²) in [5.41, 5.74) is 1.69. The molecule has 1 heterocycles. The molecule has 1 aromatic heterocycles. The molecular weight excluding hydrogens is 355 g/mol. The summed E-state index contributed by atoms with van der Waals surface area (Å²) in [5, 5.41) is 8.97. The Bertz CT molecular complexity index is 747. The zero-order valence-corrected chi connectivity index (χ0v) is 14.5. The molecule has 0 spiro atoms. The molecule has 0 saturated carbocycles. The first-order valence-electron chi connectivity index (χ1n) is 7.53. The number of nitrogens with one attached hydrogen (secondary N) is 1. The fraction of sp³-hybridized carbons (Fsp3) is 0.400. The Morgan fingerprint density at radius 1 is 1.36 bits per heavy atom. The molecular formula is C15H18F3N5OS. The largest absolute Gasteiger partial charge is 0.453 e. The van der Waals surface area contributed by atoms with Crippen molar-refractivity contribution >= 4 is 23.4 Å². The van der Waals surface area contributed by atoms with E-state index >= 15 is 0 Å². The molecule has 6 nitrogen and oxygen atoms in total. The van der Waals surface area contributed by atoms with E-state index in [1.54, 1.807) is 12.1 Å². The van der Waals surface area contributed by atoms with Gasteiger partial charge in [-0.05, 0) is 24.0 Å². The summed E-state index contributed by atoms with van der Waals surface area (Å²) in [5.74, 6) is 3.79. The lowest BCUT2D eigenvalue weighted by Crippen LogP contribution is -2.22. The van der Waals surface area contributed by atoms with Crippen LogP contribution >= 0.6 is 11.8 Å². The molecule has 0 radical (unpaired) electrons. The Morgan fingerprint density at radius 2 is 2.04 bits per heavy atom. The fourth-order valence-electron chi connectivity index (χ4n) is 2.15. The number of alkyl halides is 3. The van der Waals surface area contributed by atoms with E-state index in [1.165, 1.54) is 0 Å². The third-order valence-corrected chi connectivity index (χ3v) is 4.57. The predicted octanol–water partition coefficient (Wildman–Crippen LogP) is 3.25. The maximum atomic E-state index is 12.6. The number of hydrogen-bond acceptors (Lipinski definition) is 5. The lowest BCUT2D eigenvalue weighted by Gasteiger charge is -2.15. The second-order valence-electron chi connectivity index (χ2n) is 5.41. The summed E-state index contributed by atoms with van der Waals surface area (Å²) in [6, 6.07) is 7.42. The number of halogens is 3. The summed E-state index contributed by atoms with van der Waals surface area (Å²) in [6.07, 6.45) is -3.78. The van der Waals surface area contributed by atoms with Gasteiger partial charge in [0.1, 0.15) is 0 Å². The Morgan fingerprint density at radius 3 is 2.64 bits per heavy atom. The number of amides is 1. The number of rotatable bonds is 6. The lowest BCUT2D eigenvalue weighted by molar-refractivity contribution is -0.146. The lowest BCUT2D eigenvalue weighted by atomic mass is 9.97. The Labute approximate surface area is 147 Å². The second kappa shape index (κ2) is 7.77. The third-order valence-electron chi connectivity index (χ3n) is 3.63. The van der Waals surface area contributed by atoms with E-state index < -0.39 is 12.0 Å². The Hall–Kier alpha value is -2.23. The van der Waals surface area contributed by atoms with Gasteiger partial charge >= 0.3 is 6.18 Å². The van der Waals surface area contributed by atoms with Crippen molar-refractivity contribution in [2.24, 2.45) is 0 Å². The van der Waals surface area contributed by atoms with Crippen molar-refractivity contribution in [3.8, 4) is 0 Å². The van der Waals surface area contributed by atoms with Crippen LogP contribution in [-0.2, 0) is 11.0 Å². The molecule has 3 N–H and O–H groups in total. The van der Waals surface area contributed by atoms with Crippen molar-refractivity contribution in [1.82, 2.24) is 14.9 Å². The molecule has 1 amide bonds. The van der Waals surface area contributed by atoms with Crippen LogP contribution in [0.1, 0.15) is 37.6 Å². The van der Waals surface area contributed by atoms with Crippen LogP contribution in [0, 0.1) is 0 Å². The molecule has 2 aromatic rings. The quantitative estimate of drug-likeness (QED) is 0.600. The molecule has 136 valence electrons. The normalized spacial score (nSPS) is 12.8. The molecule has 2 rings (SSSR count). The minimum atomic E-state index is -4.70. The molecule has 0 saturated heterocycles. The molecule has 0 aliphatic carbocycles.